The van der Waals surface area contributed by atoms with Gasteiger partial charge >= 0.3 is 0 Å². The second-order valence-electron chi connectivity index (χ2n) is 4.08. The summed E-state index contributed by atoms with van der Waals surface area (Å²) >= 11 is 1.66. The van der Waals surface area contributed by atoms with Gasteiger partial charge in [-0.25, -0.2) is 4.98 Å². The molecule has 3 nitrogen and oxygen atoms in total. The van der Waals surface area contributed by atoms with Gasteiger partial charge in [0.15, 0.2) is 0 Å². The minimum atomic E-state index is 0.187. The molecule has 1 amide bonds. The van der Waals surface area contributed by atoms with Gasteiger partial charge in [-0.2, -0.15) is 0 Å². The molecular formula is C13H16N2OS. The number of aromatic nitrogens is 1. The zero-order chi connectivity index (χ0) is 12.3. The summed E-state index contributed by atoms with van der Waals surface area (Å²) in [5.74, 6) is 0.187. The largest absolute Gasteiger partial charge is 0.339 e. The highest BCUT2D eigenvalue weighted by Gasteiger charge is 2.10. The fourth-order valence-electron chi connectivity index (χ4n) is 1.68. The Labute approximate surface area is 105 Å². The number of carbonyl (C=O) groups excluding carboxylic acids is 1. The van der Waals surface area contributed by atoms with Gasteiger partial charge in [0.2, 0.25) is 5.91 Å². The van der Waals surface area contributed by atoms with Gasteiger partial charge in [0, 0.05) is 13.5 Å². The number of nitrogens with zero attached hydrogens (tertiary/aromatic N) is 2. The smallest absolute Gasteiger partial charge is 0.222 e. The van der Waals surface area contributed by atoms with Crippen molar-refractivity contribution in [1.29, 1.82) is 0 Å². The van der Waals surface area contributed by atoms with Crippen molar-refractivity contribution < 1.29 is 4.79 Å². The Morgan fingerprint density at radius 2 is 2.18 bits per heavy atom. The van der Waals surface area contributed by atoms with E-state index in [2.05, 4.69) is 11.1 Å². The van der Waals surface area contributed by atoms with Crippen LogP contribution in [-0.4, -0.2) is 22.8 Å². The molecule has 0 bridgehead atoms. The van der Waals surface area contributed by atoms with Gasteiger partial charge in [0.25, 0.3) is 0 Å². The third kappa shape index (κ3) is 2.82. The van der Waals surface area contributed by atoms with Crippen molar-refractivity contribution in [3.05, 3.63) is 29.3 Å². The highest BCUT2D eigenvalue weighted by Crippen LogP contribution is 2.22. The number of thiazole rings is 1. The predicted molar refractivity (Wildman–Crippen MR) is 71.0 cm³/mol. The Morgan fingerprint density at radius 3 is 2.88 bits per heavy atom. The Bertz CT molecular complexity index is 488. The zero-order valence-electron chi connectivity index (χ0n) is 10.1. The maximum atomic E-state index is 11.7. The number of amides is 1. The molecule has 2 aromatic rings. The van der Waals surface area contributed by atoms with Crippen LogP contribution in [0, 0.1) is 0 Å². The quantitative estimate of drug-likeness (QED) is 0.833. The summed E-state index contributed by atoms with van der Waals surface area (Å²) in [5, 5.41) is 0.998. The molecule has 0 spiro atoms. The molecule has 0 radical (unpaired) electrons. The van der Waals surface area contributed by atoms with E-state index in [1.165, 1.54) is 4.70 Å². The molecule has 2 rings (SSSR count). The minimum absolute atomic E-state index is 0.187. The van der Waals surface area contributed by atoms with E-state index in [9.17, 15) is 4.79 Å². The first-order chi connectivity index (χ1) is 8.20. The van der Waals surface area contributed by atoms with Gasteiger partial charge in [-0.15, -0.1) is 11.3 Å². The van der Waals surface area contributed by atoms with Crippen LogP contribution in [0.2, 0.25) is 0 Å². The number of benzene rings is 1. The first-order valence-electron chi connectivity index (χ1n) is 5.79. The molecule has 1 aromatic carbocycles. The number of carbonyl (C=O) groups is 1. The van der Waals surface area contributed by atoms with E-state index in [1.54, 1.807) is 16.2 Å². The van der Waals surface area contributed by atoms with Crippen LogP contribution in [0.25, 0.3) is 10.2 Å². The van der Waals surface area contributed by atoms with Gasteiger partial charge in [-0.3, -0.25) is 4.79 Å². The average Bonchev–Trinajstić information content (AvgIpc) is 2.71. The Kier molecular flexibility index (Phi) is 3.74. The number of fused-ring (bicyclic) bond motifs is 1. The van der Waals surface area contributed by atoms with Crippen LogP contribution in [-0.2, 0) is 11.3 Å². The van der Waals surface area contributed by atoms with Crippen molar-refractivity contribution in [1.82, 2.24) is 9.88 Å². The summed E-state index contributed by atoms with van der Waals surface area (Å²) in [6.45, 7) is 2.63. The van der Waals surface area contributed by atoms with Crippen LogP contribution in [0.3, 0.4) is 0 Å². The van der Waals surface area contributed by atoms with Crippen molar-refractivity contribution in [2.45, 2.75) is 26.3 Å². The normalized spacial score (nSPS) is 10.7. The van der Waals surface area contributed by atoms with E-state index in [0.29, 0.717) is 13.0 Å². The van der Waals surface area contributed by atoms with Gasteiger partial charge in [0.1, 0.15) is 5.01 Å². The maximum Gasteiger partial charge on any atom is 0.222 e. The summed E-state index contributed by atoms with van der Waals surface area (Å²) in [7, 11) is 1.84. The molecule has 1 heterocycles. The van der Waals surface area contributed by atoms with E-state index in [-0.39, 0.29) is 5.91 Å². The first-order valence-corrected chi connectivity index (χ1v) is 6.60. The third-order valence-corrected chi connectivity index (χ3v) is 3.62. The molecule has 0 aliphatic rings. The van der Waals surface area contributed by atoms with E-state index in [0.717, 1.165) is 16.9 Å². The van der Waals surface area contributed by atoms with Gasteiger partial charge in [-0.1, -0.05) is 19.1 Å². The van der Waals surface area contributed by atoms with Crippen LogP contribution < -0.4 is 0 Å². The van der Waals surface area contributed by atoms with Crippen LogP contribution in [0.15, 0.2) is 24.3 Å². The fraction of sp³-hybridized carbons (Fsp3) is 0.385. The number of rotatable bonds is 4. The van der Waals surface area contributed by atoms with E-state index < -0.39 is 0 Å². The molecule has 4 heteroatoms. The second kappa shape index (κ2) is 5.27. The van der Waals surface area contributed by atoms with Crippen LogP contribution >= 0.6 is 11.3 Å². The van der Waals surface area contributed by atoms with E-state index in [4.69, 9.17) is 0 Å². The fourth-order valence-corrected chi connectivity index (χ4v) is 2.70. The van der Waals surface area contributed by atoms with E-state index in [1.807, 2.05) is 32.2 Å². The Morgan fingerprint density at radius 1 is 1.41 bits per heavy atom. The molecule has 0 aliphatic heterocycles. The molecule has 0 saturated heterocycles. The maximum absolute atomic E-state index is 11.7. The highest BCUT2D eigenvalue weighted by atomic mass is 32.1. The highest BCUT2D eigenvalue weighted by molar-refractivity contribution is 7.18. The van der Waals surface area contributed by atoms with Crippen LogP contribution in [0.1, 0.15) is 24.8 Å². The first kappa shape index (κ1) is 12.0. The lowest BCUT2D eigenvalue weighted by Crippen LogP contribution is -2.25. The average molecular weight is 248 g/mol. The van der Waals surface area contributed by atoms with Crippen molar-refractivity contribution >= 4 is 27.5 Å². The van der Waals surface area contributed by atoms with E-state index >= 15 is 0 Å². The van der Waals surface area contributed by atoms with Crippen LogP contribution in [0.5, 0.6) is 0 Å². The molecule has 17 heavy (non-hydrogen) atoms. The molecule has 90 valence electrons. The standard InChI is InChI=1S/C13H16N2OS/c1-3-6-13(16)15(2)9-12-14-10-7-4-5-8-11(10)17-12/h4-5,7-8H,3,6,9H2,1-2H3. The molecule has 1 aromatic heterocycles. The lowest BCUT2D eigenvalue weighted by atomic mass is 10.3. The van der Waals surface area contributed by atoms with Gasteiger partial charge in [-0.05, 0) is 18.6 Å². The lowest BCUT2D eigenvalue weighted by Gasteiger charge is -2.14. The molecule has 0 atom stereocenters. The number of para-hydroxylation sites is 1. The summed E-state index contributed by atoms with van der Waals surface area (Å²) in [5.41, 5.74) is 1.02. The second-order valence-corrected chi connectivity index (χ2v) is 5.19. The molecule has 0 aliphatic carbocycles. The molecule has 0 N–H and O–H groups in total. The Balaban J connectivity index is 2.10. The van der Waals surface area contributed by atoms with Crippen molar-refractivity contribution in [3.8, 4) is 0 Å². The van der Waals surface area contributed by atoms with Gasteiger partial charge in [0.05, 0.1) is 16.8 Å². The Hall–Kier alpha value is -1.42. The number of hydrogen-bond acceptors (Lipinski definition) is 3. The summed E-state index contributed by atoms with van der Waals surface area (Å²) in [4.78, 5) is 17.9. The lowest BCUT2D eigenvalue weighted by molar-refractivity contribution is -0.130. The molecular weight excluding hydrogens is 232 g/mol. The molecule has 0 saturated carbocycles. The van der Waals surface area contributed by atoms with Crippen molar-refractivity contribution in [3.63, 3.8) is 0 Å². The monoisotopic (exact) mass is 248 g/mol. The van der Waals surface area contributed by atoms with Gasteiger partial charge < -0.3 is 4.90 Å². The van der Waals surface area contributed by atoms with Crippen molar-refractivity contribution in [2.24, 2.45) is 0 Å². The summed E-state index contributed by atoms with van der Waals surface area (Å²) in [6.07, 6.45) is 1.50. The minimum Gasteiger partial charge on any atom is -0.339 e. The molecule has 0 unspecified atom stereocenters. The SMILES string of the molecule is CCCC(=O)N(C)Cc1nc2ccccc2s1. The third-order valence-electron chi connectivity index (χ3n) is 2.60. The van der Waals surface area contributed by atoms with Crippen molar-refractivity contribution in [2.75, 3.05) is 7.05 Å². The number of hydrogen-bond donors (Lipinski definition) is 0. The summed E-state index contributed by atoms with van der Waals surface area (Å²) < 4.78 is 1.18. The zero-order valence-corrected chi connectivity index (χ0v) is 11.0. The molecule has 0 fully saturated rings. The van der Waals surface area contributed by atoms with Crippen LogP contribution in [0.4, 0.5) is 0 Å². The summed E-state index contributed by atoms with van der Waals surface area (Å²) in [6, 6.07) is 8.06. The topological polar surface area (TPSA) is 33.2 Å². The predicted octanol–water partition coefficient (Wildman–Crippen LogP) is 3.05.